The lowest BCUT2D eigenvalue weighted by Gasteiger charge is -2.51. The van der Waals surface area contributed by atoms with E-state index in [2.05, 4.69) is 30.1 Å². The van der Waals surface area contributed by atoms with E-state index in [0.29, 0.717) is 5.57 Å². The van der Waals surface area contributed by atoms with Crippen LogP contribution >= 0.6 is 0 Å². The summed E-state index contributed by atoms with van der Waals surface area (Å²) in [5, 5.41) is 23.5. The molecule has 1 saturated carbocycles. The molecule has 26 heavy (non-hydrogen) atoms. The minimum Gasteiger partial charge on any atom is -0.466 e. The molecule has 1 N–H and O–H groups in total. The molecular weight excluding hydrogens is 330 g/mol. The lowest BCUT2D eigenvalue weighted by atomic mass is 9.52. The number of fused-ring (bicyclic) bond motifs is 6. The average molecular weight is 349 g/mol. The number of esters is 1. The number of carbonyl (C=O) groups is 1. The Morgan fingerprint density at radius 1 is 1.38 bits per heavy atom. The summed E-state index contributed by atoms with van der Waals surface area (Å²) < 4.78 is 11.3. The highest BCUT2D eigenvalue weighted by atomic mass is 16.6. The SMILES string of the molecule is C=C1[C@@H]2[C@@H]3C(=CC4CC[C@@H]3N4)C(C#N)(C#N)C[C@@]23C=C[C@]1(C(=O)OC)O3. The lowest BCUT2D eigenvalue weighted by molar-refractivity contribution is -0.162. The molecule has 0 aromatic carbocycles. The Hall–Kier alpha value is -2.41. The summed E-state index contributed by atoms with van der Waals surface area (Å²) >= 11 is 0. The molecule has 2 saturated heterocycles. The fraction of sp³-hybridized carbons (Fsp3) is 0.550. The third kappa shape index (κ3) is 1.52. The number of nitrogens with zero attached hydrogens (tertiary/aromatic N) is 2. The number of hydrogen-bond donors (Lipinski definition) is 1. The zero-order valence-corrected chi connectivity index (χ0v) is 14.5. The van der Waals surface area contributed by atoms with Crippen LogP contribution in [0, 0.1) is 39.9 Å². The standard InChI is InChI=1S/C20H19N3O3/c1-11-16-15-13(7-12-3-4-14(15)23-12)18(9-21,10-22)8-19(16)5-6-20(11,26-19)17(24)25-2/h5-7,12,14-16,23H,1,3-4,8H2,2H3/t12?,14-,15+,16+,19-,20-/m0/s1. The zero-order valence-electron chi connectivity index (χ0n) is 14.5. The number of hydrogen-bond acceptors (Lipinski definition) is 6. The largest absolute Gasteiger partial charge is 0.466 e. The van der Waals surface area contributed by atoms with Gasteiger partial charge in [-0.15, -0.1) is 0 Å². The summed E-state index contributed by atoms with van der Waals surface area (Å²) in [7, 11) is 1.33. The third-order valence-electron chi connectivity index (χ3n) is 6.98. The fourth-order valence-corrected chi connectivity index (χ4v) is 5.96. The fourth-order valence-electron chi connectivity index (χ4n) is 5.96. The van der Waals surface area contributed by atoms with Crippen molar-refractivity contribution in [1.82, 2.24) is 5.32 Å². The van der Waals surface area contributed by atoms with Crippen LogP contribution in [0.5, 0.6) is 0 Å². The second kappa shape index (κ2) is 4.65. The monoisotopic (exact) mass is 349 g/mol. The Morgan fingerprint density at radius 2 is 2.15 bits per heavy atom. The van der Waals surface area contributed by atoms with Crippen molar-refractivity contribution < 1.29 is 14.3 Å². The molecule has 0 aromatic heterocycles. The molecule has 1 unspecified atom stereocenters. The number of nitrogens with one attached hydrogen (secondary N) is 1. The third-order valence-corrected chi connectivity index (χ3v) is 6.98. The van der Waals surface area contributed by atoms with E-state index in [4.69, 9.17) is 9.47 Å². The summed E-state index contributed by atoms with van der Waals surface area (Å²) in [4.78, 5) is 12.5. The van der Waals surface area contributed by atoms with E-state index in [1.807, 2.05) is 6.08 Å². The molecule has 0 aromatic rings. The van der Waals surface area contributed by atoms with Gasteiger partial charge in [0.15, 0.2) is 5.41 Å². The van der Waals surface area contributed by atoms with Crippen LogP contribution in [0.4, 0.5) is 0 Å². The summed E-state index contributed by atoms with van der Waals surface area (Å²) in [6.45, 7) is 4.23. The Kier molecular flexibility index (Phi) is 2.83. The quantitative estimate of drug-likeness (QED) is 0.570. The van der Waals surface area contributed by atoms with E-state index in [0.717, 1.165) is 18.4 Å². The Balaban J connectivity index is 1.72. The highest BCUT2D eigenvalue weighted by Gasteiger charge is 2.72. The van der Waals surface area contributed by atoms with E-state index in [-0.39, 0.29) is 30.3 Å². The van der Waals surface area contributed by atoms with Gasteiger partial charge >= 0.3 is 5.97 Å². The highest BCUT2D eigenvalue weighted by Crippen LogP contribution is 2.66. The smallest absolute Gasteiger partial charge is 0.346 e. The first-order valence-corrected chi connectivity index (χ1v) is 8.94. The molecule has 0 radical (unpaired) electrons. The molecule has 5 aliphatic rings. The topological polar surface area (TPSA) is 95.1 Å². The van der Waals surface area contributed by atoms with Crippen molar-refractivity contribution in [3.05, 3.63) is 36.0 Å². The van der Waals surface area contributed by atoms with Gasteiger partial charge in [0.05, 0.1) is 24.8 Å². The minimum atomic E-state index is -1.30. The van der Waals surface area contributed by atoms with Crippen molar-refractivity contribution in [3.63, 3.8) is 0 Å². The van der Waals surface area contributed by atoms with Gasteiger partial charge in [-0.1, -0.05) is 18.7 Å². The first-order chi connectivity index (χ1) is 12.5. The molecule has 132 valence electrons. The second-order valence-corrected chi connectivity index (χ2v) is 8.03. The number of rotatable bonds is 1. The van der Waals surface area contributed by atoms with Gasteiger partial charge in [-0.2, -0.15) is 10.5 Å². The number of nitriles is 2. The molecule has 4 heterocycles. The van der Waals surface area contributed by atoms with Gasteiger partial charge in [0.1, 0.15) is 0 Å². The van der Waals surface area contributed by atoms with Crippen LogP contribution in [0.25, 0.3) is 0 Å². The molecule has 4 bridgehead atoms. The molecule has 1 aliphatic carbocycles. The molecule has 3 fully saturated rings. The van der Waals surface area contributed by atoms with Crippen LogP contribution in [0.15, 0.2) is 36.0 Å². The van der Waals surface area contributed by atoms with Crippen LogP contribution in [-0.4, -0.2) is 36.4 Å². The molecular formula is C20H19N3O3. The van der Waals surface area contributed by atoms with Crippen molar-refractivity contribution in [1.29, 1.82) is 10.5 Å². The van der Waals surface area contributed by atoms with Crippen LogP contribution in [0.1, 0.15) is 19.3 Å². The minimum absolute atomic E-state index is 0.0780. The number of methoxy groups -OCH3 is 1. The molecule has 6 atom stereocenters. The van der Waals surface area contributed by atoms with E-state index in [1.165, 1.54) is 7.11 Å². The van der Waals surface area contributed by atoms with Crippen molar-refractivity contribution in [2.45, 2.75) is 42.5 Å². The van der Waals surface area contributed by atoms with Crippen LogP contribution in [-0.2, 0) is 14.3 Å². The van der Waals surface area contributed by atoms with E-state index < -0.39 is 22.6 Å². The maximum Gasteiger partial charge on any atom is 0.346 e. The van der Waals surface area contributed by atoms with Gasteiger partial charge in [0.2, 0.25) is 5.60 Å². The van der Waals surface area contributed by atoms with Crippen LogP contribution < -0.4 is 5.32 Å². The highest BCUT2D eigenvalue weighted by molar-refractivity contribution is 5.89. The first kappa shape index (κ1) is 15.8. The Morgan fingerprint density at radius 3 is 2.85 bits per heavy atom. The van der Waals surface area contributed by atoms with E-state index in [1.54, 1.807) is 6.08 Å². The number of ether oxygens (including phenoxy) is 2. The van der Waals surface area contributed by atoms with Crippen LogP contribution in [0.2, 0.25) is 0 Å². The summed E-state index contributed by atoms with van der Waals surface area (Å²) in [5.74, 6) is -0.724. The van der Waals surface area contributed by atoms with Crippen molar-refractivity contribution in [2.24, 2.45) is 17.3 Å². The molecule has 0 amide bonds. The normalized spacial score (nSPS) is 46.0. The molecule has 6 nitrogen and oxygen atoms in total. The summed E-state index contributed by atoms with van der Waals surface area (Å²) in [6, 6.07) is 4.92. The predicted octanol–water partition coefficient (Wildman–Crippen LogP) is 1.52. The van der Waals surface area contributed by atoms with Crippen molar-refractivity contribution in [2.75, 3.05) is 7.11 Å². The van der Waals surface area contributed by atoms with Gasteiger partial charge in [-0.05, 0) is 30.1 Å². The number of carbonyl (C=O) groups excluding carboxylic acids is 1. The Labute approximate surface area is 151 Å². The second-order valence-electron chi connectivity index (χ2n) is 8.03. The van der Waals surface area contributed by atoms with Gasteiger partial charge in [-0.3, -0.25) is 0 Å². The first-order valence-electron chi connectivity index (χ1n) is 8.94. The Bertz CT molecular complexity index is 877. The molecule has 6 heteroatoms. The van der Waals surface area contributed by atoms with Crippen LogP contribution in [0.3, 0.4) is 0 Å². The van der Waals surface area contributed by atoms with E-state index >= 15 is 0 Å². The maximum absolute atomic E-state index is 12.5. The molecule has 1 spiro atoms. The van der Waals surface area contributed by atoms with Gasteiger partial charge < -0.3 is 14.8 Å². The zero-order chi connectivity index (χ0) is 18.3. The van der Waals surface area contributed by atoms with Gasteiger partial charge in [-0.25, -0.2) is 4.79 Å². The molecule has 5 rings (SSSR count). The van der Waals surface area contributed by atoms with Crippen molar-refractivity contribution >= 4 is 5.97 Å². The molecule has 4 aliphatic heterocycles. The van der Waals surface area contributed by atoms with E-state index in [9.17, 15) is 15.3 Å². The van der Waals surface area contributed by atoms with Crippen molar-refractivity contribution in [3.8, 4) is 12.1 Å². The average Bonchev–Trinajstić information content (AvgIpc) is 3.30. The maximum atomic E-state index is 12.5. The summed E-state index contributed by atoms with van der Waals surface area (Å²) in [6.07, 6.45) is 7.80. The lowest BCUT2D eigenvalue weighted by Crippen LogP contribution is -2.57. The van der Waals surface area contributed by atoms with Gasteiger partial charge in [0, 0.05) is 30.3 Å². The van der Waals surface area contributed by atoms with Gasteiger partial charge in [0.25, 0.3) is 0 Å². The predicted molar refractivity (Wildman–Crippen MR) is 90.1 cm³/mol. The summed E-state index contributed by atoms with van der Waals surface area (Å²) in [5.41, 5.74) is -1.85.